The minimum absolute atomic E-state index is 0.187. The maximum atomic E-state index is 12.7. The van der Waals surface area contributed by atoms with E-state index in [1.807, 2.05) is 18.2 Å². The summed E-state index contributed by atoms with van der Waals surface area (Å²) in [5, 5.41) is 0. The number of nitrogens with zero attached hydrogens (tertiary/aromatic N) is 1. The standard InChI is InChI=1S/C20H21NO5/c1-12-10-17(22)25-13(2)18(12)20(24)26-14(3)19(23)21-9-8-15-6-4-5-7-16(15)11-21/h4-7,10,14H,8-9,11H2,1-3H3/t14-/m1/s1. The highest BCUT2D eigenvalue weighted by molar-refractivity contribution is 5.94. The van der Waals surface area contributed by atoms with Crippen LogP contribution < -0.4 is 5.63 Å². The first-order chi connectivity index (χ1) is 12.4. The maximum Gasteiger partial charge on any atom is 0.342 e. The fraction of sp³-hybridized carbons (Fsp3) is 0.350. The van der Waals surface area contributed by atoms with E-state index in [-0.39, 0.29) is 17.2 Å². The van der Waals surface area contributed by atoms with E-state index in [1.54, 1.807) is 18.7 Å². The number of benzene rings is 1. The maximum absolute atomic E-state index is 12.7. The van der Waals surface area contributed by atoms with Crippen LogP contribution in [0.4, 0.5) is 0 Å². The van der Waals surface area contributed by atoms with Gasteiger partial charge in [0.25, 0.3) is 5.91 Å². The second-order valence-corrected chi connectivity index (χ2v) is 6.51. The Morgan fingerprint density at radius 2 is 1.88 bits per heavy atom. The van der Waals surface area contributed by atoms with Crippen LogP contribution in [0.1, 0.15) is 39.7 Å². The Labute approximate surface area is 151 Å². The van der Waals surface area contributed by atoms with Crippen molar-refractivity contribution in [1.29, 1.82) is 0 Å². The number of aryl methyl sites for hydroxylation is 2. The lowest BCUT2D eigenvalue weighted by Crippen LogP contribution is -2.42. The number of carbonyl (C=O) groups is 2. The van der Waals surface area contributed by atoms with Crippen LogP contribution in [0.25, 0.3) is 0 Å². The quantitative estimate of drug-likeness (QED) is 0.790. The number of rotatable bonds is 3. The van der Waals surface area contributed by atoms with Crippen molar-refractivity contribution in [1.82, 2.24) is 4.90 Å². The Hall–Kier alpha value is -2.89. The molecule has 1 amide bonds. The van der Waals surface area contributed by atoms with Gasteiger partial charge in [0.05, 0.1) is 0 Å². The van der Waals surface area contributed by atoms with Crippen molar-refractivity contribution in [3.8, 4) is 0 Å². The van der Waals surface area contributed by atoms with Gasteiger partial charge in [0.1, 0.15) is 11.3 Å². The van der Waals surface area contributed by atoms with Gasteiger partial charge in [-0.3, -0.25) is 4.79 Å². The van der Waals surface area contributed by atoms with Gasteiger partial charge in [-0.25, -0.2) is 9.59 Å². The van der Waals surface area contributed by atoms with Gasteiger partial charge >= 0.3 is 11.6 Å². The van der Waals surface area contributed by atoms with Crippen molar-refractivity contribution < 1.29 is 18.7 Å². The molecule has 0 saturated carbocycles. The van der Waals surface area contributed by atoms with Crippen LogP contribution in [0.3, 0.4) is 0 Å². The van der Waals surface area contributed by atoms with E-state index in [4.69, 9.17) is 9.15 Å². The first-order valence-corrected chi connectivity index (χ1v) is 8.54. The number of amides is 1. The number of fused-ring (bicyclic) bond motifs is 1. The number of hydrogen-bond donors (Lipinski definition) is 0. The lowest BCUT2D eigenvalue weighted by molar-refractivity contribution is -0.140. The Morgan fingerprint density at radius 3 is 2.58 bits per heavy atom. The summed E-state index contributed by atoms with van der Waals surface area (Å²) in [6.07, 6.45) is -0.136. The second-order valence-electron chi connectivity index (χ2n) is 6.51. The second kappa shape index (κ2) is 7.15. The van der Waals surface area contributed by atoms with Crippen molar-refractivity contribution in [2.45, 2.75) is 39.8 Å². The van der Waals surface area contributed by atoms with Crippen LogP contribution in [0, 0.1) is 13.8 Å². The summed E-state index contributed by atoms with van der Waals surface area (Å²) in [5.74, 6) is -0.714. The molecule has 0 unspecified atom stereocenters. The summed E-state index contributed by atoms with van der Waals surface area (Å²) in [5.41, 5.74) is 2.49. The Kier molecular flexibility index (Phi) is 4.93. The molecule has 6 nitrogen and oxygen atoms in total. The van der Waals surface area contributed by atoms with E-state index < -0.39 is 17.7 Å². The van der Waals surface area contributed by atoms with Crippen LogP contribution >= 0.6 is 0 Å². The van der Waals surface area contributed by atoms with Gasteiger partial charge in [-0.15, -0.1) is 0 Å². The molecule has 2 aromatic rings. The molecule has 1 aromatic carbocycles. The van der Waals surface area contributed by atoms with E-state index in [9.17, 15) is 14.4 Å². The minimum atomic E-state index is -0.918. The molecule has 2 heterocycles. The number of carbonyl (C=O) groups excluding carboxylic acids is 2. The van der Waals surface area contributed by atoms with E-state index in [2.05, 4.69) is 6.07 Å². The Morgan fingerprint density at radius 1 is 1.19 bits per heavy atom. The first kappa shape index (κ1) is 17.9. The highest BCUT2D eigenvalue weighted by atomic mass is 16.5. The average molecular weight is 355 g/mol. The van der Waals surface area contributed by atoms with E-state index in [1.165, 1.54) is 18.6 Å². The van der Waals surface area contributed by atoms with Gasteiger partial charge in [-0.1, -0.05) is 24.3 Å². The monoisotopic (exact) mass is 355 g/mol. The third kappa shape index (κ3) is 3.54. The molecule has 1 aromatic heterocycles. The molecule has 0 bridgehead atoms. The van der Waals surface area contributed by atoms with Crippen LogP contribution in [-0.4, -0.2) is 29.4 Å². The SMILES string of the molecule is Cc1cc(=O)oc(C)c1C(=O)O[C@H](C)C(=O)N1CCc2ccccc2C1. The normalized spacial score (nSPS) is 14.5. The molecule has 0 saturated heterocycles. The lowest BCUT2D eigenvalue weighted by atomic mass is 9.99. The molecule has 26 heavy (non-hydrogen) atoms. The van der Waals surface area contributed by atoms with Gasteiger partial charge in [-0.05, 0) is 43.9 Å². The van der Waals surface area contributed by atoms with Gasteiger partial charge in [0.2, 0.25) is 0 Å². The summed E-state index contributed by atoms with van der Waals surface area (Å²) in [6.45, 7) is 5.82. The smallest absolute Gasteiger partial charge is 0.342 e. The zero-order valence-electron chi connectivity index (χ0n) is 15.1. The zero-order chi connectivity index (χ0) is 18.8. The van der Waals surface area contributed by atoms with Gasteiger partial charge in [-0.2, -0.15) is 0 Å². The van der Waals surface area contributed by atoms with E-state index >= 15 is 0 Å². The molecule has 136 valence electrons. The van der Waals surface area contributed by atoms with Crippen molar-refractivity contribution in [2.75, 3.05) is 6.54 Å². The van der Waals surface area contributed by atoms with Crippen molar-refractivity contribution >= 4 is 11.9 Å². The summed E-state index contributed by atoms with van der Waals surface area (Å²) in [4.78, 5) is 38.2. The number of hydrogen-bond acceptors (Lipinski definition) is 5. The average Bonchev–Trinajstić information content (AvgIpc) is 2.59. The van der Waals surface area contributed by atoms with Crippen molar-refractivity contribution in [3.63, 3.8) is 0 Å². The highest BCUT2D eigenvalue weighted by Gasteiger charge is 2.28. The molecule has 1 atom stereocenters. The molecule has 6 heteroatoms. The van der Waals surface area contributed by atoms with Crippen LogP contribution in [0.15, 0.2) is 39.5 Å². The molecule has 1 aliphatic heterocycles. The molecule has 1 aliphatic rings. The van der Waals surface area contributed by atoms with Crippen molar-refractivity contribution in [2.24, 2.45) is 0 Å². The summed E-state index contributed by atoms with van der Waals surface area (Å²) in [6, 6.07) is 9.24. The van der Waals surface area contributed by atoms with Gasteiger partial charge in [0.15, 0.2) is 6.10 Å². The zero-order valence-corrected chi connectivity index (χ0v) is 15.1. The molecule has 0 spiro atoms. The summed E-state index contributed by atoms with van der Waals surface area (Å²) < 4.78 is 10.3. The first-order valence-electron chi connectivity index (χ1n) is 8.54. The van der Waals surface area contributed by atoms with Crippen LogP contribution in [0.5, 0.6) is 0 Å². The topological polar surface area (TPSA) is 76.8 Å². The molecule has 0 fully saturated rings. The molecule has 3 rings (SSSR count). The predicted molar refractivity (Wildman–Crippen MR) is 94.9 cm³/mol. The van der Waals surface area contributed by atoms with E-state index in [0.29, 0.717) is 18.7 Å². The fourth-order valence-electron chi connectivity index (χ4n) is 3.27. The van der Waals surface area contributed by atoms with Crippen LogP contribution in [-0.2, 0) is 22.5 Å². The Bertz CT molecular complexity index is 888. The minimum Gasteiger partial charge on any atom is -0.449 e. The van der Waals surface area contributed by atoms with Crippen molar-refractivity contribution in [3.05, 3.63) is 68.8 Å². The Balaban J connectivity index is 1.70. The lowest BCUT2D eigenvalue weighted by Gasteiger charge is -2.30. The molecular formula is C20H21NO5. The molecule has 0 aliphatic carbocycles. The largest absolute Gasteiger partial charge is 0.449 e. The summed E-state index contributed by atoms with van der Waals surface area (Å²) >= 11 is 0. The molecule has 0 N–H and O–H groups in total. The number of esters is 1. The number of ether oxygens (including phenoxy) is 1. The third-order valence-corrected chi connectivity index (χ3v) is 4.61. The van der Waals surface area contributed by atoms with Crippen LogP contribution in [0.2, 0.25) is 0 Å². The fourth-order valence-corrected chi connectivity index (χ4v) is 3.27. The summed E-state index contributed by atoms with van der Waals surface area (Å²) in [7, 11) is 0. The van der Waals surface area contributed by atoms with Gasteiger partial charge in [0, 0.05) is 19.2 Å². The van der Waals surface area contributed by atoms with Gasteiger partial charge < -0.3 is 14.1 Å². The highest BCUT2D eigenvalue weighted by Crippen LogP contribution is 2.20. The van der Waals surface area contributed by atoms with E-state index in [0.717, 1.165) is 12.0 Å². The predicted octanol–water partition coefficient (Wildman–Crippen LogP) is 2.39. The third-order valence-electron chi connectivity index (χ3n) is 4.61. The molecular weight excluding hydrogens is 334 g/mol. The molecule has 0 radical (unpaired) electrons.